The van der Waals surface area contributed by atoms with Crippen molar-refractivity contribution in [1.29, 1.82) is 0 Å². The van der Waals surface area contributed by atoms with Crippen LogP contribution in [0.3, 0.4) is 0 Å². The number of ether oxygens (including phenoxy) is 2. The monoisotopic (exact) mass is 620 g/mol. The first-order valence-electron chi connectivity index (χ1n) is 10.0. The third-order valence-electron chi connectivity index (χ3n) is 4.40. The number of anilines is 1. The van der Waals surface area contributed by atoms with Crippen molar-refractivity contribution >= 4 is 75.4 Å². The Hall–Kier alpha value is -2.57. The number of benzene rings is 2. The summed E-state index contributed by atoms with van der Waals surface area (Å²) in [6, 6.07) is 8.10. The molecule has 0 bridgehead atoms. The second-order valence-electron chi connectivity index (χ2n) is 6.95. The van der Waals surface area contributed by atoms with Gasteiger partial charge in [0.15, 0.2) is 18.1 Å². The number of hydrazone groups is 1. The molecule has 2 aromatic carbocycles. The molecule has 0 radical (unpaired) electrons. The van der Waals surface area contributed by atoms with Gasteiger partial charge in [-0.05, 0) is 65.8 Å². The number of carbonyl (C=O) groups is 3. The highest BCUT2D eigenvalue weighted by atomic mass is 127. The van der Waals surface area contributed by atoms with E-state index in [1.165, 1.54) is 13.3 Å². The first kappa shape index (κ1) is 27.7. The summed E-state index contributed by atoms with van der Waals surface area (Å²) in [5.74, 6) is -1.37. The van der Waals surface area contributed by atoms with Crippen molar-refractivity contribution in [3.63, 3.8) is 0 Å². The molecule has 0 fully saturated rings. The van der Waals surface area contributed by atoms with Gasteiger partial charge in [-0.3, -0.25) is 14.4 Å². The Kier molecular flexibility index (Phi) is 10.9. The molecule has 3 amide bonds. The van der Waals surface area contributed by atoms with Crippen molar-refractivity contribution in [2.45, 2.75) is 26.3 Å². The van der Waals surface area contributed by atoms with Crippen LogP contribution in [0.2, 0.25) is 10.0 Å². The van der Waals surface area contributed by atoms with Gasteiger partial charge in [0, 0.05) is 6.04 Å². The number of halogens is 3. The quantitative estimate of drug-likeness (QED) is 0.170. The maximum atomic E-state index is 12.3. The summed E-state index contributed by atoms with van der Waals surface area (Å²) in [5, 5.41) is 9.54. The summed E-state index contributed by atoms with van der Waals surface area (Å²) in [6.45, 7) is 3.39. The summed E-state index contributed by atoms with van der Waals surface area (Å²) in [5.41, 5.74) is 3.12. The van der Waals surface area contributed by atoms with Crippen molar-refractivity contribution in [3.05, 3.63) is 49.5 Å². The molecule has 2 rings (SSSR count). The van der Waals surface area contributed by atoms with Crippen LogP contribution >= 0.6 is 45.8 Å². The van der Waals surface area contributed by atoms with Crippen molar-refractivity contribution in [1.82, 2.24) is 10.7 Å². The summed E-state index contributed by atoms with van der Waals surface area (Å²) in [7, 11) is 1.45. The number of rotatable bonds is 9. The molecule has 9 nitrogen and oxygen atoms in total. The van der Waals surface area contributed by atoms with Gasteiger partial charge in [-0.15, -0.1) is 0 Å². The fourth-order valence-corrected chi connectivity index (χ4v) is 3.62. The van der Waals surface area contributed by atoms with Gasteiger partial charge in [-0.2, -0.15) is 5.10 Å². The zero-order chi connectivity index (χ0) is 25.3. The van der Waals surface area contributed by atoms with Crippen molar-refractivity contribution < 1.29 is 23.9 Å². The smallest absolute Gasteiger partial charge is 0.329 e. The Balaban J connectivity index is 2.01. The van der Waals surface area contributed by atoms with Gasteiger partial charge in [0.2, 0.25) is 0 Å². The molecular formula is C22H23Cl2IN4O5. The van der Waals surface area contributed by atoms with E-state index in [9.17, 15) is 14.4 Å². The molecular weight excluding hydrogens is 598 g/mol. The molecule has 0 heterocycles. The Labute approximate surface area is 220 Å². The molecule has 0 aliphatic heterocycles. The van der Waals surface area contributed by atoms with Crippen LogP contribution in [0.15, 0.2) is 35.4 Å². The summed E-state index contributed by atoms with van der Waals surface area (Å²) >= 11 is 14.1. The highest BCUT2D eigenvalue weighted by Gasteiger charge is 2.16. The summed E-state index contributed by atoms with van der Waals surface area (Å²) in [4.78, 5) is 35.9. The predicted molar refractivity (Wildman–Crippen MR) is 140 cm³/mol. The van der Waals surface area contributed by atoms with Gasteiger partial charge in [-0.25, -0.2) is 5.43 Å². The second kappa shape index (κ2) is 13.4. The lowest BCUT2D eigenvalue weighted by Crippen LogP contribution is -2.41. The van der Waals surface area contributed by atoms with E-state index in [1.54, 1.807) is 37.3 Å². The minimum atomic E-state index is -0.871. The number of amides is 3. The van der Waals surface area contributed by atoms with E-state index in [0.29, 0.717) is 37.8 Å². The van der Waals surface area contributed by atoms with Gasteiger partial charge in [-0.1, -0.05) is 36.2 Å². The lowest BCUT2D eigenvalue weighted by molar-refractivity contribution is -0.139. The maximum Gasteiger partial charge on any atom is 0.329 e. The highest BCUT2D eigenvalue weighted by molar-refractivity contribution is 14.1. The lowest BCUT2D eigenvalue weighted by Gasteiger charge is -2.14. The first-order chi connectivity index (χ1) is 16.2. The highest BCUT2D eigenvalue weighted by Crippen LogP contribution is 2.34. The van der Waals surface area contributed by atoms with E-state index in [0.717, 1.165) is 0 Å². The van der Waals surface area contributed by atoms with Crippen LogP contribution in [0.25, 0.3) is 0 Å². The van der Waals surface area contributed by atoms with Gasteiger partial charge in [0.25, 0.3) is 5.91 Å². The van der Waals surface area contributed by atoms with Crippen LogP contribution in [0, 0.1) is 3.57 Å². The van der Waals surface area contributed by atoms with Gasteiger partial charge >= 0.3 is 11.8 Å². The molecule has 0 aromatic heterocycles. The number of nitrogens with zero attached hydrogens (tertiary/aromatic N) is 1. The SMILES string of the molecule is CC[C@H](C)NC(=O)C(=O)N/N=C\c1cc(I)c(OCC(=O)Nc2cccc(Cl)c2Cl)c(OC)c1. The van der Waals surface area contributed by atoms with Crippen LogP contribution in [-0.2, 0) is 14.4 Å². The predicted octanol–water partition coefficient (Wildman–Crippen LogP) is 3.99. The molecule has 0 aliphatic rings. The zero-order valence-electron chi connectivity index (χ0n) is 18.6. The molecule has 0 saturated heterocycles. The number of methoxy groups -OCH3 is 1. The fourth-order valence-electron chi connectivity index (χ4n) is 2.49. The molecule has 0 unspecified atom stereocenters. The van der Waals surface area contributed by atoms with E-state index in [4.69, 9.17) is 32.7 Å². The third kappa shape index (κ3) is 8.03. The minimum absolute atomic E-state index is 0.120. The molecule has 0 aliphatic carbocycles. The van der Waals surface area contributed by atoms with E-state index in [-0.39, 0.29) is 17.7 Å². The third-order valence-corrected chi connectivity index (χ3v) is 6.02. The van der Waals surface area contributed by atoms with Crippen LogP contribution in [-0.4, -0.2) is 43.7 Å². The van der Waals surface area contributed by atoms with Gasteiger partial charge < -0.3 is 20.1 Å². The van der Waals surface area contributed by atoms with E-state index < -0.39 is 17.7 Å². The van der Waals surface area contributed by atoms with Gasteiger partial charge in [0.1, 0.15) is 0 Å². The average molecular weight is 621 g/mol. The summed E-state index contributed by atoms with van der Waals surface area (Å²) in [6.07, 6.45) is 2.06. The Morgan fingerprint density at radius 1 is 1.21 bits per heavy atom. The normalized spacial score (nSPS) is 11.6. The zero-order valence-corrected chi connectivity index (χ0v) is 22.2. The van der Waals surface area contributed by atoms with Crippen LogP contribution in [0.4, 0.5) is 5.69 Å². The van der Waals surface area contributed by atoms with Crippen molar-refractivity contribution in [2.24, 2.45) is 5.10 Å². The summed E-state index contributed by atoms with van der Waals surface area (Å²) < 4.78 is 11.6. The van der Waals surface area contributed by atoms with E-state index >= 15 is 0 Å². The Morgan fingerprint density at radius 2 is 1.94 bits per heavy atom. The Morgan fingerprint density at radius 3 is 2.62 bits per heavy atom. The molecule has 12 heteroatoms. The topological polar surface area (TPSA) is 118 Å². The van der Waals surface area contributed by atoms with Crippen LogP contribution in [0.5, 0.6) is 11.5 Å². The van der Waals surface area contributed by atoms with Crippen molar-refractivity contribution in [2.75, 3.05) is 19.0 Å². The second-order valence-corrected chi connectivity index (χ2v) is 8.90. The molecule has 0 saturated carbocycles. The molecule has 2 aromatic rings. The van der Waals surface area contributed by atoms with E-state index in [1.807, 2.05) is 29.5 Å². The Bertz CT molecular complexity index is 1100. The van der Waals surface area contributed by atoms with Gasteiger partial charge in [0.05, 0.1) is 32.6 Å². The molecule has 182 valence electrons. The number of hydrogen-bond acceptors (Lipinski definition) is 6. The molecule has 1 atom stereocenters. The minimum Gasteiger partial charge on any atom is -0.493 e. The average Bonchev–Trinajstić information content (AvgIpc) is 2.80. The van der Waals surface area contributed by atoms with Crippen LogP contribution < -0.4 is 25.5 Å². The van der Waals surface area contributed by atoms with E-state index in [2.05, 4.69) is 21.2 Å². The molecule has 34 heavy (non-hydrogen) atoms. The van der Waals surface area contributed by atoms with Crippen molar-refractivity contribution in [3.8, 4) is 11.5 Å². The van der Waals surface area contributed by atoms with Crippen LogP contribution in [0.1, 0.15) is 25.8 Å². The maximum absolute atomic E-state index is 12.3. The lowest BCUT2D eigenvalue weighted by atomic mass is 10.2. The number of hydrogen-bond donors (Lipinski definition) is 3. The largest absolute Gasteiger partial charge is 0.493 e. The molecule has 0 spiro atoms. The first-order valence-corrected chi connectivity index (χ1v) is 11.9. The number of carbonyl (C=O) groups excluding carboxylic acids is 3. The fraction of sp³-hybridized carbons (Fsp3) is 0.273. The standard InChI is InChI=1S/C22H23Cl2IN4O5/c1-4-12(2)27-21(31)22(32)29-26-10-13-8-15(25)20(17(9-13)33-3)34-11-18(30)28-16-7-5-6-14(23)19(16)24/h5-10,12H,4,11H2,1-3H3,(H,27,31)(H,28,30)(H,29,32)/b26-10-/t12-/m0/s1. The molecule has 3 N–H and O–H groups in total. The number of nitrogens with one attached hydrogen (secondary N) is 3.